The molecule has 0 bridgehead atoms. The van der Waals surface area contributed by atoms with Crippen LogP contribution in [0.3, 0.4) is 0 Å². The smallest absolute Gasteiger partial charge is 0.290 e. The van der Waals surface area contributed by atoms with Gasteiger partial charge in [-0.2, -0.15) is 0 Å². The maximum absolute atomic E-state index is 11.9. The Balaban J connectivity index is 0.000000452. The van der Waals surface area contributed by atoms with E-state index in [4.69, 9.17) is 9.90 Å². The average molecular weight is 294 g/mol. The number of aryl methyl sites for hydroxylation is 1. The van der Waals surface area contributed by atoms with Crippen molar-refractivity contribution in [3.05, 3.63) is 27.1 Å². The Morgan fingerprint density at radius 3 is 2.95 bits per heavy atom. The van der Waals surface area contributed by atoms with Gasteiger partial charge in [0.15, 0.2) is 0 Å². The third-order valence-corrected chi connectivity index (χ3v) is 5.24. The minimum Gasteiger partial charge on any atom is -0.483 e. The summed E-state index contributed by atoms with van der Waals surface area (Å²) < 4.78 is 0. The molecule has 0 saturated carbocycles. The third kappa shape index (κ3) is 2.60. The second-order valence-corrected chi connectivity index (χ2v) is 6.45. The first-order valence-corrected chi connectivity index (χ1v) is 7.42. The first-order valence-electron chi connectivity index (χ1n) is 6.60. The van der Waals surface area contributed by atoms with Gasteiger partial charge in [0.25, 0.3) is 12.0 Å². The first-order chi connectivity index (χ1) is 9.54. The van der Waals surface area contributed by atoms with Crippen molar-refractivity contribution >= 4 is 28.0 Å². The van der Waals surface area contributed by atoms with Gasteiger partial charge >= 0.3 is 0 Å². The predicted molar refractivity (Wildman–Crippen MR) is 79.4 cm³/mol. The Labute approximate surface area is 120 Å². The summed E-state index contributed by atoms with van der Waals surface area (Å²) in [6.07, 6.45) is 6.00. The molecule has 0 aliphatic heterocycles. The van der Waals surface area contributed by atoms with Gasteiger partial charge in [-0.3, -0.25) is 9.59 Å². The fourth-order valence-corrected chi connectivity index (χ4v) is 4.06. The van der Waals surface area contributed by atoms with Crippen molar-refractivity contribution in [1.29, 1.82) is 0 Å². The molecule has 1 aliphatic rings. The highest BCUT2D eigenvalue weighted by Gasteiger charge is 2.31. The molecular weight excluding hydrogens is 276 g/mol. The van der Waals surface area contributed by atoms with E-state index in [1.165, 1.54) is 29.6 Å². The number of hydrogen-bond acceptors (Lipinski definition) is 4. The lowest BCUT2D eigenvalue weighted by Crippen LogP contribution is -2.24. The topological polar surface area (TPSA) is 83.0 Å². The van der Waals surface area contributed by atoms with Crippen LogP contribution in [0.25, 0.3) is 10.2 Å². The molecule has 3 rings (SSSR count). The average Bonchev–Trinajstić information content (AvgIpc) is 2.78. The Morgan fingerprint density at radius 1 is 1.60 bits per heavy atom. The standard InChI is InChI=1S/C13H16N2OS.CH2O2/c1-3-13(2)5-4-8-9(6-13)17-12-10(8)11(16)14-7-15-12;2-1-3/h7H,3-6H2,1-2H3,(H,14,15,16);1H,(H,2,3)/t13-;/m1./s1. The molecule has 2 N–H and O–H groups in total. The van der Waals surface area contributed by atoms with E-state index < -0.39 is 0 Å². The third-order valence-electron chi connectivity index (χ3n) is 4.10. The summed E-state index contributed by atoms with van der Waals surface area (Å²) in [6.45, 7) is 4.35. The van der Waals surface area contributed by atoms with Crippen molar-refractivity contribution in [2.75, 3.05) is 0 Å². The molecule has 0 radical (unpaired) electrons. The van der Waals surface area contributed by atoms with Gasteiger partial charge in [0.05, 0.1) is 11.7 Å². The van der Waals surface area contributed by atoms with Crippen LogP contribution in [0, 0.1) is 5.41 Å². The summed E-state index contributed by atoms with van der Waals surface area (Å²) in [7, 11) is 0. The van der Waals surface area contributed by atoms with Crippen LogP contribution >= 0.6 is 11.3 Å². The molecule has 0 unspecified atom stereocenters. The summed E-state index contributed by atoms with van der Waals surface area (Å²) in [5.74, 6) is 0. The van der Waals surface area contributed by atoms with Gasteiger partial charge in [0, 0.05) is 4.88 Å². The fraction of sp³-hybridized carbons (Fsp3) is 0.500. The Kier molecular flexibility index (Phi) is 4.23. The van der Waals surface area contributed by atoms with Gasteiger partial charge in [0.1, 0.15) is 4.83 Å². The molecule has 6 heteroatoms. The summed E-state index contributed by atoms with van der Waals surface area (Å²) in [4.78, 5) is 29.5. The predicted octanol–water partition coefficient (Wildman–Crippen LogP) is 2.59. The van der Waals surface area contributed by atoms with Crippen LogP contribution in [0.4, 0.5) is 0 Å². The second-order valence-electron chi connectivity index (χ2n) is 5.36. The van der Waals surface area contributed by atoms with Crippen molar-refractivity contribution in [2.24, 2.45) is 5.41 Å². The number of nitrogens with one attached hydrogen (secondary N) is 1. The van der Waals surface area contributed by atoms with Crippen LogP contribution in [0.5, 0.6) is 0 Å². The zero-order chi connectivity index (χ0) is 14.8. The van der Waals surface area contributed by atoms with Crippen LogP contribution < -0.4 is 5.56 Å². The number of aromatic amines is 1. The van der Waals surface area contributed by atoms with Gasteiger partial charge < -0.3 is 10.1 Å². The second kappa shape index (κ2) is 5.75. The Morgan fingerprint density at radius 2 is 2.30 bits per heavy atom. The molecular formula is C14H18N2O3S. The van der Waals surface area contributed by atoms with E-state index in [0.717, 1.165) is 23.1 Å². The van der Waals surface area contributed by atoms with E-state index in [-0.39, 0.29) is 12.0 Å². The molecule has 2 aromatic rings. The van der Waals surface area contributed by atoms with Crippen LogP contribution in [-0.4, -0.2) is 21.5 Å². The summed E-state index contributed by atoms with van der Waals surface area (Å²) in [5.41, 5.74) is 1.68. The monoisotopic (exact) mass is 294 g/mol. The van der Waals surface area contributed by atoms with Crippen LogP contribution in [0.1, 0.15) is 37.1 Å². The van der Waals surface area contributed by atoms with Crippen molar-refractivity contribution < 1.29 is 9.90 Å². The molecule has 2 heterocycles. The van der Waals surface area contributed by atoms with Crippen LogP contribution in [0.2, 0.25) is 0 Å². The van der Waals surface area contributed by atoms with Crippen molar-refractivity contribution in [3.8, 4) is 0 Å². The van der Waals surface area contributed by atoms with E-state index in [0.29, 0.717) is 5.41 Å². The minimum atomic E-state index is -0.250. The number of carboxylic acid groups (broad SMARTS) is 1. The molecule has 108 valence electrons. The largest absolute Gasteiger partial charge is 0.483 e. The van der Waals surface area contributed by atoms with Gasteiger partial charge in [-0.1, -0.05) is 20.3 Å². The molecule has 2 aromatic heterocycles. The number of rotatable bonds is 1. The van der Waals surface area contributed by atoms with Gasteiger partial charge in [-0.05, 0) is 30.2 Å². The number of nitrogens with zero attached hydrogens (tertiary/aromatic N) is 1. The van der Waals surface area contributed by atoms with E-state index in [1.54, 1.807) is 11.3 Å². The zero-order valence-corrected chi connectivity index (χ0v) is 12.4. The lowest BCUT2D eigenvalue weighted by molar-refractivity contribution is -0.122. The number of thiophene rings is 1. The normalized spacial score (nSPS) is 20.9. The van der Waals surface area contributed by atoms with Crippen molar-refractivity contribution in [1.82, 2.24) is 9.97 Å². The minimum absolute atomic E-state index is 0.0209. The van der Waals surface area contributed by atoms with Crippen LogP contribution in [-0.2, 0) is 17.6 Å². The van der Waals surface area contributed by atoms with E-state index in [1.807, 2.05) is 0 Å². The number of H-pyrrole nitrogens is 1. The quantitative estimate of drug-likeness (QED) is 0.792. The number of fused-ring (bicyclic) bond motifs is 3. The number of aromatic nitrogens is 2. The van der Waals surface area contributed by atoms with E-state index in [9.17, 15) is 4.79 Å². The molecule has 0 amide bonds. The maximum Gasteiger partial charge on any atom is 0.290 e. The van der Waals surface area contributed by atoms with E-state index in [2.05, 4.69) is 23.8 Å². The highest BCUT2D eigenvalue weighted by Crippen LogP contribution is 2.42. The molecule has 0 aromatic carbocycles. The van der Waals surface area contributed by atoms with Gasteiger partial charge in [0.2, 0.25) is 0 Å². The summed E-state index contributed by atoms with van der Waals surface area (Å²) in [5, 5.41) is 7.73. The fourth-order valence-electron chi connectivity index (χ4n) is 2.66. The van der Waals surface area contributed by atoms with Crippen molar-refractivity contribution in [2.45, 2.75) is 39.5 Å². The van der Waals surface area contributed by atoms with Crippen molar-refractivity contribution in [3.63, 3.8) is 0 Å². The Hall–Kier alpha value is -1.69. The summed E-state index contributed by atoms with van der Waals surface area (Å²) >= 11 is 1.70. The molecule has 0 saturated heterocycles. The molecule has 20 heavy (non-hydrogen) atoms. The molecule has 5 nitrogen and oxygen atoms in total. The Bertz CT molecular complexity index is 677. The van der Waals surface area contributed by atoms with Gasteiger partial charge in [-0.25, -0.2) is 4.98 Å². The van der Waals surface area contributed by atoms with E-state index >= 15 is 0 Å². The molecule has 1 aliphatic carbocycles. The SMILES string of the molecule is CC[C@]1(C)CCc2c(sc3nc[nH]c(=O)c23)C1.O=CO. The lowest BCUT2D eigenvalue weighted by atomic mass is 9.74. The highest BCUT2D eigenvalue weighted by molar-refractivity contribution is 7.18. The van der Waals surface area contributed by atoms with Crippen LogP contribution in [0.15, 0.2) is 11.1 Å². The highest BCUT2D eigenvalue weighted by atomic mass is 32.1. The maximum atomic E-state index is 11.9. The molecule has 0 fully saturated rings. The number of hydrogen-bond donors (Lipinski definition) is 2. The van der Waals surface area contributed by atoms with Gasteiger partial charge in [-0.15, -0.1) is 11.3 Å². The molecule has 1 atom stereocenters. The zero-order valence-electron chi connectivity index (χ0n) is 11.6. The molecule has 0 spiro atoms. The first kappa shape index (κ1) is 14.7. The number of carbonyl (C=O) groups is 1. The lowest BCUT2D eigenvalue weighted by Gasteiger charge is -2.32. The summed E-state index contributed by atoms with van der Waals surface area (Å²) in [6, 6.07) is 0.